The van der Waals surface area contributed by atoms with E-state index in [9.17, 15) is 0 Å². The highest BCUT2D eigenvalue weighted by atomic mass is 16.5. The van der Waals surface area contributed by atoms with Crippen molar-refractivity contribution in [2.75, 3.05) is 78.7 Å². The standard InChI is InChI=1S/C23H36N6O3/c1-19-11-21(31-24-19)13-26-3-7-28(8-4-26)15-23(17-30-18-23)16-29-9-5-27(6-10-29)14-22-12-20(2)25-32-22/h11-12H,3-10,13-18H2,1-2H3. The van der Waals surface area contributed by atoms with Crippen molar-refractivity contribution in [3.8, 4) is 0 Å². The van der Waals surface area contributed by atoms with Crippen molar-refractivity contribution < 1.29 is 13.8 Å². The fourth-order valence-corrected chi connectivity index (χ4v) is 5.21. The lowest BCUT2D eigenvalue weighted by atomic mass is 9.84. The smallest absolute Gasteiger partial charge is 0.150 e. The molecule has 0 unspecified atom stereocenters. The van der Waals surface area contributed by atoms with Gasteiger partial charge in [-0.1, -0.05) is 10.3 Å². The number of ether oxygens (including phenoxy) is 1. The molecule has 0 amide bonds. The zero-order valence-corrected chi connectivity index (χ0v) is 19.5. The van der Waals surface area contributed by atoms with Gasteiger partial charge in [-0.3, -0.25) is 9.80 Å². The molecule has 3 fully saturated rings. The summed E-state index contributed by atoms with van der Waals surface area (Å²) in [6.45, 7) is 18.5. The van der Waals surface area contributed by atoms with Crippen LogP contribution >= 0.6 is 0 Å². The normalized spacial score (nSPS) is 23.4. The lowest BCUT2D eigenvalue weighted by Crippen LogP contribution is -2.60. The van der Waals surface area contributed by atoms with Gasteiger partial charge in [0.25, 0.3) is 0 Å². The molecule has 0 aromatic carbocycles. The Kier molecular flexibility index (Phi) is 6.61. The topological polar surface area (TPSA) is 74.2 Å². The van der Waals surface area contributed by atoms with Gasteiger partial charge < -0.3 is 23.6 Å². The van der Waals surface area contributed by atoms with Gasteiger partial charge in [-0.15, -0.1) is 0 Å². The summed E-state index contributed by atoms with van der Waals surface area (Å²) in [4.78, 5) is 10.2. The molecule has 0 aliphatic carbocycles. The molecule has 0 atom stereocenters. The van der Waals surface area contributed by atoms with Crippen LogP contribution in [0.1, 0.15) is 22.9 Å². The predicted molar refractivity (Wildman–Crippen MR) is 119 cm³/mol. The van der Waals surface area contributed by atoms with Gasteiger partial charge in [0, 0.05) is 83.0 Å². The Morgan fingerprint density at radius 2 is 1.09 bits per heavy atom. The zero-order chi connectivity index (χ0) is 22.0. The lowest BCUT2D eigenvalue weighted by molar-refractivity contribution is -0.143. The monoisotopic (exact) mass is 444 g/mol. The summed E-state index contributed by atoms with van der Waals surface area (Å²) >= 11 is 0. The molecule has 0 saturated carbocycles. The van der Waals surface area contributed by atoms with E-state index in [1.165, 1.54) is 0 Å². The van der Waals surface area contributed by atoms with E-state index in [0.717, 1.165) is 115 Å². The maximum atomic E-state index is 5.71. The van der Waals surface area contributed by atoms with Crippen LogP contribution in [-0.2, 0) is 17.8 Å². The molecule has 5 heterocycles. The Hall–Kier alpha value is -1.78. The molecule has 0 bridgehead atoms. The average Bonchev–Trinajstić information content (AvgIpc) is 3.36. The number of hydrogen-bond acceptors (Lipinski definition) is 9. The number of rotatable bonds is 8. The van der Waals surface area contributed by atoms with Gasteiger partial charge in [-0.05, 0) is 13.8 Å². The molecule has 32 heavy (non-hydrogen) atoms. The van der Waals surface area contributed by atoms with E-state index in [1.54, 1.807) is 0 Å². The molecule has 9 nitrogen and oxygen atoms in total. The van der Waals surface area contributed by atoms with Crippen LogP contribution in [0.4, 0.5) is 0 Å². The minimum absolute atomic E-state index is 0.286. The second-order valence-electron chi connectivity index (χ2n) is 9.97. The van der Waals surface area contributed by atoms with Gasteiger partial charge in [-0.2, -0.15) is 0 Å². The minimum atomic E-state index is 0.286. The van der Waals surface area contributed by atoms with E-state index in [1.807, 2.05) is 26.0 Å². The molecule has 2 aromatic heterocycles. The Labute approximate surface area is 190 Å². The molecule has 3 saturated heterocycles. The van der Waals surface area contributed by atoms with Crippen molar-refractivity contribution in [3.63, 3.8) is 0 Å². The summed E-state index contributed by atoms with van der Waals surface area (Å²) in [5, 5.41) is 8.01. The van der Waals surface area contributed by atoms with E-state index in [-0.39, 0.29) is 5.41 Å². The summed E-state index contributed by atoms with van der Waals surface area (Å²) in [6, 6.07) is 4.08. The zero-order valence-electron chi connectivity index (χ0n) is 19.5. The molecule has 176 valence electrons. The summed E-state index contributed by atoms with van der Waals surface area (Å²) in [5.41, 5.74) is 2.20. The Balaban J connectivity index is 1.05. The Morgan fingerprint density at radius 3 is 1.41 bits per heavy atom. The first-order valence-corrected chi connectivity index (χ1v) is 11.9. The molecular formula is C23H36N6O3. The highest BCUT2D eigenvalue weighted by Gasteiger charge is 2.42. The van der Waals surface area contributed by atoms with Crippen LogP contribution < -0.4 is 0 Å². The van der Waals surface area contributed by atoms with Crippen LogP contribution in [0.2, 0.25) is 0 Å². The molecule has 0 N–H and O–H groups in total. The van der Waals surface area contributed by atoms with Crippen LogP contribution in [0.15, 0.2) is 21.2 Å². The molecule has 5 rings (SSSR count). The SMILES string of the molecule is Cc1cc(CN2CCN(CC3(CN4CCN(Cc5cc(C)no5)CC4)COC3)CC2)on1. The third kappa shape index (κ3) is 5.40. The van der Waals surface area contributed by atoms with Gasteiger partial charge in [0.1, 0.15) is 0 Å². The average molecular weight is 445 g/mol. The molecule has 0 radical (unpaired) electrons. The van der Waals surface area contributed by atoms with E-state index in [0.29, 0.717) is 0 Å². The van der Waals surface area contributed by atoms with Crippen molar-refractivity contribution in [3.05, 3.63) is 35.0 Å². The lowest BCUT2D eigenvalue weighted by Gasteiger charge is -2.49. The second kappa shape index (κ2) is 9.61. The van der Waals surface area contributed by atoms with Gasteiger partial charge in [0.2, 0.25) is 0 Å². The van der Waals surface area contributed by atoms with Crippen molar-refractivity contribution in [2.24, 2.45) is 5.41 Å². The molecule has 2 aromatic rings. The fraction of sp³-hybridized carbons (Fsp3) is 0.739. The number of hydrogen-bond donors (Lipinski definition) is 0. The van der Waals surface area contributed by atoms with E-state index >= 15 is 0 Å². The van der Waals surface area contributed by atoms with E-state index < -0.39 is 0 Å². The first-order valence-electron chi connectivity index (χ1n) is 11.9. The van der Waals surface area contributed by atoms with Crippen molar-refractivity contribution >= 4 is 0 Å². The van der Waals surface area contributed by atoms with Crippen LogP contribution in [0, 0.1) is 19.3 Å². The number of aryl methyl sites for hydroxylation is 2. The highest BCUT2D eigenvalue weighted by molar-refractivity contribution is 5.04. The summed E-state index contributed by atoms with van der Waals surface area (Å²) < 4.78 is 16.5. The first kappa shape index (κ1) is 22.0. The van der Waals surface area contributed by atoms with Gasteiger partial charge in [-0.25, -0.2) is 0 Å². The number of nitrogens with zero attached hydrogens (tertiary/aromatic N) is 6. The third-order valence-corrected chi connectivity index (χ3v) is 6.98. The minimum Gasteiger partial charge on any atom is -0.380 e. The highest BCUT2D eigenvalue weighted by Crippen LogP contribution is 2.31. The van der Waals surface area contributed by atoms with Crippen molar-refractivity contribution in [1.82, 2.24) is 29.9 Å². The van der Waals surface area contributed by atoms with Crippen molar-refractivity contribution in [1.29, 1.82) is 0 Å². The summed E-state index contributed by atoms with van der Waals surface area (Å²) in [5.74, 6) is 1.94. The summed E-state index contributed by atoms with van der Waals surface area (Å²) in [6.07, 6.45) is 0. The van der Waals surface area contributed by atoms with E-state index in [4.69, 9.17) is 13.8 Å². The maximum absolute atomic E-state index is 5.71. The number of piperazine rings is 2. The second-order valence-corrected chi connectivity index (χ2v) is 9.97. The molecule has 0 spiro atoms. The molecule has 3 aliphatic rings. The van der Waals surface area contributed by atoms with Gasteiger partial charge in [0.05, 0.1) is 37.7 Å². The van der Waals surface area contributed by atoms with E-state index in [2.05, 4.69) is 29.9 Å². The third-order valence-electron chi connectivity index (χ3n) is 6.98. The van der Waals surface area contributed by atoms with Gasteiger partial charge in [0.15, 0.2) is 11.5 Å². The van der Waals surface area contributed by atoms with Crippen LogP contribution in [0.5, 0.6) is 0 Å². The van der Waals surface area contributed by atoms with Crippen LogP contribution in [-0.4, -0.2) is 109 Å². The predicted octanol–water partition coefficient (Wildman–Crippen LogP) is 1.23. The maximum Gasteiger partial charge on any atom is 0.150 e. The van der Waals surface area contributed by atoms with Crippen LogP contribution in [0.3, 0.4) is 0 Å². The molecular weight excluding hydrogens is 408 g/mol. The fourth-order valence-electron chi connectivity index (χ4n) is 5.21. The Bertz CT molecular complexity index is 796. The first-order chi connectivity index (χ1) is 15.6. The molecule has 3 aliphatic heterocycles. The summed E-state index contributed by atoms with van der Waals surface area (Å²) in [7, 11) is 0. The van der Waals surface area contributed by atoms with Crippen LogP contribution in [0.25, 0.3) is 0 Å². The largest absolute Gasteiger partial charge is 0.380 e. The van der Waals surface area contributed by atoms with Crippen molar-refractivity contribution in [2.45, 2.75) is 26.9 Å². The molecule has 9 heteroatoms. The number of aromatic nitrogens is 2. The van der Waals surface area contributed by atoms with Gasteiger partial charge >= 0.3 is 0 Å². The quantitative estimate of drug-likeness (QED) is 0.598. The Morgan fingerprint density at radius 1 is 0.688 bits per heavy atom.